The fourth-order valence-corrected chi connectivity index (χ4v) is 5.45. The summed E-state index contributed by atoms with van der Waals surface area (Å²) in [6.07, 6.45) is 0. The predicted molar refractivity (Wildman–Crippen MR) is 141 cm³/mol. The van der Waals surface area contributed by atoms with Gasteiger partial charge in [0.05, 0.1) is 28.2 Å². The molecule has 1 aromatic heterocycles. The Labute approximate surface area is 217 Å². The maximum absolute atomic E-state index is 14.7. The molecule has 7 heteroatoms. The minimum atomic E-state index is -1.38. The first-order valence-electron chi connectivity index (χ1n) is 12.0. The minimum Gasteiger partial charge on any atom is -0.306 e. The Morgan fingerprint density at radius 3 is 1.74 bits per heavy atom. The summed E-state index contributed by atoms with van der Waals surface area (Å²) in [6, 6.07) is 28.5. The number of nitrogens with zero attached hydrogens (tertiary/aromatic N) is 5. The molecule has 182 valence electrons. The highest BCUT2D eigenvalue weighted by Crippen LogP contribution is 2.54. The third kappa shape index (κ3) is 3.19. The molecule has 0 N–H and O–H groups in total. The van der Waals surface area contributed by atoms with Crippen LogP contribution in [0.25, 0.3) is 22.2 Å². The third-order valence-electron chi connectivity index (χ3n) is 7.16. The van der Waals surface area contributed by atoms with Gasteiger partial charge in [-0.1, -0.05) is 80.6 Å². The zero-order valence-electron chi connectivity index (χ0n) is 20.5. The van der Waals surface area contributed by atoms with Crippen LogP contribution >= 0.6 is 0 Å². The van der Waals surface area contributed by atoms with Crippen LogP contribution in [-0.2, 0) is 5.41 Å². The van der Waals surface area contributed by atoms with E-state index in [1.165, 1.54) is 0 Å². The number of benzene rings is 4. The average molecular weight is 500 g/mol. The summed E-state index contributed by atoms with van der Waals surface area (Å²) in [5, 5.41) is 20.8. The van der Waals surface area contributed by atoms with Gasteiger partial charge in [-0.2, -0.15) is 19.3 Å². The second kappa shape index (κ2) is 8.47. The van der Waals surface area contributed by atoms with E-state index in [-0.39, 0.29) is 33.4 Å². The molecule has 6 rings (SSSR count). The molecule has 0 bridgehead atoms. The molecule has 1 aliphatic rings. The summed E-state index contributed by atoms with van der Waals surface area (Å²) in [5.41, 5.74) is 4.00. The molecule has 2 heterocycles. The predicted octanol–water partition coefficient (Wildman–Crippen LogP) is 7.43. The molecule has 38 heavy (non-hydrogen) atoms. The summed E-state index contributed by atoms with van der Waals surface area (Å²) in [4.78, 5) is 9.75. The van der Waals surface area contributed by atoms with E-state index in [2.05, 4.69) is 36.0 Å². The van der Waals surface area contributed by atoms with Crippen LogP contribution in [0.15, 0.2) is 78.9 Å². The molecule has 0 amide bonds. The van der Waals surface area contributed by atoms with Crippen LogP contribution in [-0.4, -0.2) is 9.97 Å². The Bertz CT molecular complexity index is 1800. The van der Waals surface area contributed by atoms with Crippen molar-refractivity contribution in [1.29, 1.82) is 10.5 Å². The SMILES string of the molecule is CC1(C)c2ccccc2N(c2c(C#N)c(C#N)c(-c3ccccc3)c3nc(F)c(F)nc23)c2ccccc21. The van der Waals surface area contributed by atoms with Crippen molar-refractivity contribution in [2.75, 3.05) is 4.90 Å². The van der Waals surface area contributed by atoms with Crippen LogP contribution in [0.2, 0.25) is 0 Å². The molecule has 0 radical (unpaired) electrons. The van der Waals surface area contributed by atoms with Crippen molar-refractivity contribution < 1.29 is 8.78 Å². The standard InChI is InChI=1S/C31H19F2N5/c1-31(2)21-12-6-8-14-23(21)38(24-15-9-7-13-22(24)31)28-20(17-35)19(16-34)25(18-10-4-3-5-11-18)26-27(28)37-30(33)29(32)36-26/h3-15H,1-2H3. The van der Waals surface area contributed by atoms with E-state index in [4.69, 9.17) is 0 Å². The highest BCUT2D eigenvalue weighted by atomic mass is 19.2. The number of aromatic nitrogens is 2. The molecule has 5 aromatic rings. The van der Waals surface area contributed by atoms with Gasteiger partial charge in [0, 0.05) is 11.0 Å². The van der Waals surface area contributed by atoms with Crippen LogP contribution in [0.4, 0.5) is 25.8 Å². The summed E-state index contributed by atoms with van der Waals surface area (Å²) >= 11 is 0. The van der Waals surface area contributed by atoms with Gasteiger partial charge < -0.3 is 4.90 Å². The molecule has 0 aliphatic carbocycles. The van der Waals surface area contributed by atoms with Crippen molar-refractivity contribution in [2.24, 2.45) is 0 Å². The quantitative estimate of drug-likeness (QED) is 0.252. The van der Waals surface area contributed by atoms with Crippen LogP contribution in [0.5, 0.6) is 0 Å². The monoisotopic (exact) mass is 499 g/mol. The van der Waals surface area contributed by atoms with Gasteiger partial charge in [-0.25, -0.2) is 9.97 Å². The van der Waals surface area contributed by atoms with Crippen LogP contribution in [0, 0.1) is 34.6 Å². The first-order chi connectivity index (χ1) is 18.4. The lowest BCUT2D eigenvalue weighted by Crippen LogP contribution is -2.31. The number of fused-ring (bicyclic) bond motifs is 3. The average Bonchev–Trinajstić information content (AvgIpc) is 2.94. The fraction of sp³-hybridized carbons (Fsp3) is 0.0968. The van der Waals surface area contributed by atoms with Crippen molar-refractivity contribution in [2.45, 2.75) is 19.3 Å². The number of anilines is 3. The van der Waals surface area contributed by atoms with E-state index in [0.29, 0.717) is 5.56 Å². The normalized spacial score (nSPS) is 13.4. The highest BCUT2D eigenvalue weighted by Gasteiger charge is 2.39. The van der Waals surface area contributed by atoms with Gasteiger partial charge in [-0.15, -0.1) is 0 Å². The fourth-order valence-electron chi connectivity index (χ4n) is 5.45. The Morgan fingerprint density at radius 2 is 1.18 bits per heavy atom. The van der Waals surface area contributed by atoms with Gasteiger partial charge in [0.1, 0.15) is 23.2 Å². The van der Waals surface area contributed by atoms with Crippen molar-refractivity contribution >= 4 is 28.1 Å². The zero-order chi connectivity index (χ0) is 26.6. The van der Waals surface area contributed by atoms with Gasteiger partial charge in [0.25, 0.3) is 11.9 Å². The van der Waals surface area contributed by atoms with Gasteiger partial charge >= 0.3 is 0 Å². The summed E-state index contributed by atoms with van der Waals surface area (Å²) < 4.78 is 29.4. The van der Waals surface area contributed by atoms with E-state index in [1.807, 2.05) is 53.4 Å². The second-order valence-corrected chi connectivity index (χ2v) is 9.56. The Balaban J connectivity index is 1.84. The number of halogens is 2. The number of para-hydroxylation sites is 2. The van der Waals surface area contributed by atoms with Crippen LogP contribution < -0.4 is 4.90 Å². The Morgan fingerprint density at radius 1 is 0.684 bits per heavy atom. The lowest BCUT2D eigenvalue weighted by Gasteiger charge is -2.42. The molecule has 5 nitrogen and oxygen atoms in total. The van der Waals surface area contributed by atoms with E-state index in [0.717, 1.165) is 22.5 Å². The molecule has 0 spiro atoms. The summed E-state index contributed by atoms with van der Waals surface area (Å²) in [7, 11) is 0. The largest absolute Gasteiger partial charge is 0.306 e. The van der Waals surface area contributed by atoms with Gasteiger partial charge in [0.15, 0.2) is 0 Å². The van der Waals surface area contributed by atoms with E-state index in [1.54, 1.807) is 30.3 Å². The van der Waals surface area contributed by atoms with E-state index < -0.39 is 17.3 Å². The summed E-state index contributed by atoms with van der Waals surface area (Å²) in [5.74, 6) is -2.76. The Kier molecular flexibility index (Phi) is 5.19. The number of nitriles is 2. The van der Waals surface area contributed by atoms with Crippen LogP contribution in [0.1, 0.15) is 36.1 Å². The topological polar surface area (TPSA) is 76.6 Å². The second-order valence-electron chi connectivity index (χ2n) is 9.56. The molecular weight excluding hydrogens is 480 g/mol. The highest BCUT2D eigenvalue weighted by molar-refractivity contribution is 6.08. The van der Waals surface area contributed by atoms with Crippen LogP contribution in [0.3, 0.4) is 0 Å². The maximum Gasteiger partial charge on any atom is 0.269 e. The molecular formula is C31H19F2N5. The van der Waals surface area contributed by atoms with Crippen molar-refractivity contribution in [3.05, 3.63) is 113 Å². The molecule has 0 atom stereocenters. The van der Waals surface area contributed by atoms with Crippen molar-refractivity contribution in [1.82, 2.24) is 9.97 Å². The number of rotatable bonds is 2. The molecule has 0 unspecified atom stereocenters. The zero-order valence-corrected chi connectivity index (χ0v) is 20.5. The lowest BCUT2D eigenvalue weighted by molar-refractivity contribution is 0.459. The molecule has 1 aliphatic heterocycles. The first-order valence-corrected chi connectivity index (χ1v) is 12.0. The number of hydrogen-bond acceptors (Lipinski definition) is 5. The first kappa shape index (κ1) is 23.3. The maximum atomic E-state index is 14.7. The van der Waals surface area contributed by atoms with E-state index >= 15 is 0 Å². The smallest absolute Gasteiger partial charge is 0.269 e. The molecule has 0 saturated heterocycles. The summed E-state index contributed by atoms with van der Waals surface area (Å²) in [6.45, 7) is 4.22. The molecule has 4 aromatic carbocycles. The minimum absolute atomic E-state index is 0.000413. The Hall–Kier alpha value is -5.14. The van der Waals surface area contributed by atoms with Crippen molar-refractivity contribution in [3.8, 4) is 23.3 Å². The molecule has 0 saturated carbocycles. The number of hydrogen-bond donors (Lipinski definition) is 0. The third-order valence-corrected chi connectivity index (χ3v) is 7.16. The van der Waals surface area contributed by atoms with Gasteiger partial charge in [-0.05, 0) is 28.8 Å². The van der Waals surface area contributed by atoms with Crippen molar-refractivity contribution in [3.63, 3.8) is 0 Å². The van der Waals surface area contributed by atoms with E-state index in [9.17, 15) is 19.3 Å². The lowest BCUT2D eigenvalue weighted by atomic mass is 9.73. The van der Waals surface area contributed by atoms with Gasteiger partial charge in [0.2, 0.25) is 0 Å². The molecule has 0 fully saturated rings. The van der Waals surface area contributed by atoms with Gasteiger partial charge in [-0.3, -0.25) is 0 Å².